The summed E-state index contributed by atoms with van der Waals surface area (Å²) in [5.41, 5.74) is 5.42. The molecule has 0 amide bonds. The number of hydrogen-bond acceptors (Lipinski definition) is 5. The summed E-state index contributed by atoms with van der Waals surface area (Å²) in [7, 11) is 0. The number of ketones is 1. The molecule has 0 atom stereocenters. The van der Waals surface area contributed by atoms with Gasteiger partial charge in [-0.3, -0.25) is 9.89 Å². The number of anilines is 1. The van der Waals surface area contributed by atoms with Crippen molar-refractivity contribution in [2.24, 2.45) is 0 Å². The monoisotopic (exact) mass is 262 g/mol. The molecule has 0 aliphatic heterocycles. The average Bonchev–Trinajstić information content (AvgIpc) is 2.83. The highest BCUT2D eigenvalue weighted by atomic mass is 32.1. The maximum absolute atomic E-state index is 12.3. The van der Waals surface area contributed by atoms with Gasteiger partial charge in [-0.15, -0.1) is 11.3 Å². The van der Waals surface area contributed by atoms with E-state index >= 15 is 0 Å². The molecule has 3 N–H and O–H groups in total. The van der Waals surface area contributed by atoms with Crippen molar-refractivity contribution < 1.29 is 18.0 Å². The molecule has 0 fully saturated rings. The first-order chi connectivity index (χ1) is 7.89. The predicted molar refractivity (Wildman–Crippen MR) is 53.5 cm³/mol. The van der Waals surface area contributed by atoms with Crippen LogP contribution in [0.5, 0.6) is 0 Å². The van der Waals surface area contributed by atoms with Crippen LogP contribution in [0.15, 0.2) is 12.4 Å². The molecule has 0 aromatic carbocycles. The Balaban J connectivity index is 2.33. The molecule has 0 aliphatic carbocycles. The fourth-order valence-corrected chi connectivity index (χ4v) is 1.86. The summed E-state index contributed by atoms with van der Waals surface area (Å²) in [4.78, 5) is 14.7. The number of nitrogen functional groups attached to an aromatic ring is 1. The molecular formula is C8H5F3N4OS. The highest BCUT2D eigenvalue weighted by molar-refractivity contribution is 7.14. The van der Waals surface area contributed by atoms with Crippen LogP contribution in [0.4, 0.5) is 19.0 Å². The van der Waals surface area contributed by atoms with Crippen molar-refractivity contribution in [3.05, 3.63) is 27.8 Å². The van der Waals surface area contributed by atoms with Crippen molar-refractivity contribution in [2.75, 3.05) is 5.73 Å². The van der Waals surface area contributed by atoms with Crippen molar-refractivity contribution >= 4 is 22.9 Å². The third-order valence-electron chi connectivity index (χ3n) is 1.89. The van der Waals surface area contributed by atoms with Crippen LogP contribution in [-0.4, -0.2) is 21.0 Å². The van der Waals surface area contributed by atoms with Gasteiger partial charge in [0.15, 0.2) is 5.01 Å². The van der Waals surface area contributed by atoms with Gasteiger partial charge in [0.05, 0.1) is 16.6 Å². The number of rotatable bonds is 2. The molecule has 2 rings (SSSR count). The Morgan fingerprint density at radius 2 is 2.12 bits per heavy atom. The number of hydrogen-bond donors (Lipinski definition) is 2. The van der Waals surface area contributed by atoms with Gasteiger partial charge in [0, 0.05) is 6.20 Å². The van der Waals surface area contributed by atoms with Crippen LogP contribution in [-0.2, 0) is 6.18 Å². The van der Waals surface area contributed by atoms with E-state index in [2.05, 4.69) is 15.2 Å². The van der Waals surface area contributed by atoms with Crippen LogP contribution in [0.3, 0.4) is 0 Å². The first kappa shape index (κ1) is 11.6. The number of thiazole rings is 1. The number of aromatic amines is 1. The smallest absolute Gasteiger partial charge is 0.383 e. The van der Waals surface area contributed by atoms with E-state index in [9.17, 15) is 18.0 Å². The first-order valence-corrected chi connectivity index (χ1v) is 5.08. The second-order valence-electron chi connectivity index (χ2n) is 3.05. The van der Waals surface area contributed by atoms with E-state index in [1.54, 1.807) is 0 Å². The third-order valence-corrected chi connectivity index (χ3v) is 2.93. The second-order valence-corrected chi connectivity index (χ2v) is 4.08. The zero-order chi connectivity index (χ0) is 12.6. The number of nitrogens with one attached hydrogen (secondary N) is 1. The summed E-state index contributed by atoms with van der Waals surface area (Å²) >= 11 is 0.272. The average molecular weight is 262 g/mol. The summed E-state index contributed by atoms with van der Waals surface area (Å²) in [5, 5.41) is 4.77. The number of alkyl halides is 3. The SMILES string of the molecule is Nc1[nH]ncc1C(=O)c1cnc(C(F)(F)F)s1. The second kappa shape index (κ2) is 3.84. The summed E-state index contributed by atoms with van der Waals surface area (Å²) in [6, 6.07) is 0. The molecule has 0 saturated carbocycles. The lowest BCUT2D eigenvalue weighted by Crippen LogP contribution is -2.03. The molecule has 2 aromatic heterocycles. The van der Waals surface area contributed by atoms with Crippen LogP contribution >= 0.6 is 11.3 Å². The highest BCUT2D eigenvalue weighted by Gasteiger charge is 2.35. The van der Waals surface area contributed by atoms with Crippen LogP contribution < -0.4 is 5.73 Å². The minimum atomic E-state index is -4.55. The Morgan fingerprint density at radius 1 is 1.41 bits per heavy atom. The third kappa shape index (κ3) is 2.13. The number of carbonyl (C=O) groups is 1. The highest BCUT2D eigenvalue weighted by Crippen LogP contribution is 2.33. The maximum atomic E-state index is 12.3. The Bertz CT molecular complexity index is 559. The number of H-pyrrole nitrogens is 1. The van der Waals surface area contributed by atoms with Gasteiger partial charge >= 0.3 is 6.18 Å². The molecule has 0 radical (unpaired) electrons. The van der Waals surface area contributed by atoms with E-state index in [0.29, 0.717) is 0 Å². The molecule has 2 aromatic rings. The van der Waals surface area contributed by atoms with Gasteiger partial charge in [-0.05, 0) is 0 Å². The van der Waals surface area contributed by atoms with Crippen LogP contribution in [0.25, 0.3) is 0 Å². The van der Waals surface area contributed by atoms with E-state index in [1.165, 1.54) is 0 Å². The molecule has 0 unspecified atom stereocenters. The molecular weight excluding hydrogens is 257 g/mol. The Hall–Kier alpha value is -1.90. The molecule has 0 bridgehead atoms. The van der Waals surface area contributed by atoms with Crippen LogP contribution in [0, 0.1) is 0 Å². The maximum Gasteiger partial charge on any atom is 0.443 e. The fraction of sp³-hybridized carbons (Fsp3) is 0.125. The van der Waals surface area contributed by atoms with Crippen molar-refractivity contribution in [1.82, 2.24) is 15.2 Å². The van der Waals surface area contributed by atoms with Gasteiger partial charge in [-0.1, -0.05) is 0 Å². The van der Waals surface area contributed by atoms with E-state index in [-0.39, 0.29) is 27.6 Å². The van der Waals surface area contributed by atoms with Gasteiger partial charge in [-0.25, -0.2) is 4.98 Å². The van der Waals surface area contributed by atoms with Crippen molar-refractivity contribution in [1.29, 1.82) is 0 Å². The van der Waals surface area contributed by atoms with Crippen molar-refractivity contribution in [2.45, 2.75) is 6.18 Å². The lowest BCUT2D eigenvalue weighted by Gasteiger charge is -1.98. The predicted octanol–water partition coefficient (Wildman–Crippen LogP) is 1.70. The zero-order valence-corrected chi connectivity index (χ0v) is 8.89. The number of nitrogens with zero attached hydrogens (tertiary/aromatic N) is 2. The summed E-state index contributed by atoms with van der Waals surface area (Å²) < 4.78 is 36.8. The minimum absolute atomic E-state index is 0.0111. The zero-order valence-electron chi connectivity index (χ0n) is 8.08. The molecule has 0 aliphatic rings. The molecule has 90 valence electrons. The topological polar surface area (TPSA) is 84.7 Å². The largest absolute Gasteiger partial charge is 0.443 e. The Labute approximate surface area is 96.5 Å². The summed E-state index contributed by atoms with van der Waals surface area (Å²) in [5.74, 6) is -0.624. The van der Waals surface area contributed by atoms with Gasteiger partial charge in [0.1, 0.15) is 5.82 Å². The lowest BCUT2D eigenvalue weighted by molar-refractivity contribution is -0.137. The fourth-order valence-electron chi connectivity index (χ4n) is 1.12. The number of aromatic nitrogens is 3. The van der Waals surface area contributed by atoms with Gasteiger partial charge in [0.2, 0.25) is 5.78 Å². The lowest BCUT2D eigenvalue weighted by atomic mass is 10.2. The van der Waals surface area contributed by atoms with Crippen molar-refractivity contribution in [3.8, 4) is 0 Å². The van der Waals surface area contributed by atoms with E-state index in [4.69, 9.17) is 5.73 Å². The summed E-state index contributed by atoms with van der Waals surface area (Å²) in [6.07, 6.45) is -2.52. The number of carbonyl (C=O) groups excluding carboxylic acids is 1. The number of halogens is 3. The van der Waals surface area contributed by atoms with E-state index in [0.717, 1.165) is 12.4 Å². The van der Waals surface area contributed by atoms with E-state index < -0.39 is 17.0 Å². The van der Waals surface area contributed by atoms with E-state index in [1.807, 2.05) is 0 Å². The summed E-state index contributed by atoms with van der Waals surface area (Å²) in [6.45, 7) is 0. The Kier molecular flexibility index (Phi) is 2.62. The molecule has 0 spiro atoms. The first-order valence-electron chi connectivity index (χ1n) is 4.26. The molecule has 5 nitrogen and oxygen atoms in total. The van der Waals surface area contributed by atoms with Gasteiger partial charge in [0.25, 0.3) is 0 Å². The number of nitrogens with two attached hydrogens (primary N) is 1. The molecule has 0 saturated heterocycles. The van der Waals surface area contributed by atoms with Crippen LogP contribution in [0.1, 0.15) is 20.2 Å². The minimum Gasteiger partial charge on any atom is -0.383 e. The Morgan fingerprint density at radius 3 is 2.59 bits per heavy atom. The molecule has 9 heteroatoms. The molecule has 17 heavy (non-hydrogen) atoms. The molecule has 2 heterocycles. The van der Waals surface area contributed by atoms with Gasteiger partial charge in [-0.2, -0.15) is 18.3 Å². The quantitative estimate of drug-likeness (QED) is 0.807. The van der Waals surface area contributed by atoms with Gasteiger partial charge < -0.3 is 5.73 Å². The standard InChI is InChI=1S/C8H5F3N4OS/c9-8(10,11)7-13-2-4(17-7)5(16)3-1-14-15-6(3)12/h1-2H,(H3,12,14,15). The van der Waals surface area contributed by atoms with Crippen LogP contribution in [0.2, 0.25) is 0 Å². The normalized spacial score (nSPS) is 11.7. The van der Waals surface area contributed by atoms with Crippen molar-refractivity contribution in [3.63, 3.8) is 0 Å².